The van der Waals surface area contributed by atoms with Gasteiger partial charge in [-0.25, -0.2) is 4.98 Å². The number of halogens is 1. The fourth-order valence-corrected chi connectivity index (χ4v) is 3.35. The molecule has 154 valence electrons. The molecule has 0 aliphatic rings. The van der Waals surface area contributed by atoms with Gasteiger partial charge in [0, 0.05) is 23.3 Å². The Morgan fingerprint density at radius 1 is 1.00 bits per heavy atom. The van der Waals surface area contributed by atoms with Gasteiger partial charge in [-0.05, 0) is 48.4 Å². The minimum atomic E-state index is -0.395. The van der Waals surface area contributed by atoms with E-state index in [0.29, 0.717) is 11.4 Å². The van der Waals surface area contributed by atoms with Gasteiger partial charge < -0.3 is 15.6 Å². The molecule has 4 rings (SSSR count). The predicted molar refractivity (Wildman–Crippen MR) is 124 cm³/mol. The van der Waals surface area contributed by atoms with Gasteiger partial charge in [-0.2, -0.15) is 0 Å². The van der Waals surface area contributed by atoms with Crippen molar-refractivity contribution in [1.82, 2.24) is 9.97 Å². The minimum Gasteiger partial charge on any atom is -0.346 e. The maximum atomic E-state index is 12.8. The number of anilines is 2. The molecule has 2 aromatic heterocycles. The lowest BCUT2D eigenvalue weighted by molar-refractivity contribution is -0.111. The highest BCUT2D eigenvalue weighted by Crippen LogP contribution is 2.23. The first-order valence-electron chi connectivity index (χ1n) is 9.58. The molecule has 6 nitrogen and oxygen atoms in total. The van der Waals surface area contributed by atoms with Crippen LogP contribution in [0.5, 0.6) is 0 Å². The lowest BCUT2D eigenvalue weighted by Crippen LogP contribution is -2.14. The van der Waals surface area contributed by atoms with Crippen molar-refractivity contribution in [2.75, 3.05) is 10.6 Å². The van der Waals surface area contributed by atoms with Gasteiger partial charge in [0.15, 0.2) is 0 Å². The van der Waals surface area contributed by atoms with E-state index in [1.807, 2.05) is 49.4 Å². The molecule has 0 saturated carbocycles. The van der Waals surface area contributed by atoms with Gasteiger partial charge in [-0.1, -0.05) is 41.9 Å². The summed E-state index contributed by atoms with van der Waals surface area (Å²) in [6, 6.07) is 18.1. The highest BCUT2D eigenvalue weighted by atomic mass is 35.5. The summed E-state index contributed by atoms with van der Waals surface area (Å²) in [5, 5.41) is 6.73. The number of H-pyrrole nitrogens is 1. The van der Waals surface area contributed by atoms with Crippen molar-refractivity contribution in [2.45, 2.75) is 6.92 Å². The van der Waals surface area contributed by atoms with Crippen LogP contribution in [0.25, 0.3) is 16.6 Å². The van der Waals surface area contributed by atoms with E-state index in [4.69, 9.17) is 11.6 Å². The number of aromatic amines is 1. The topological polar surface area (TPSA) is 86.9 Å². The molecule has 0 spiro atoms. The molecule has 0 bridgehead atoms. The predicted octanol–water partition coefficient (Wildman–Crippen LogP) is 5.51. The van der Waals surface area contributed by atoms with Gasteiger partial charge in [-0.3, -0.25) is 9.59 Å². The van der Waals surface area contributed by atoms with Crippen LogP contribution >= 0.6 is 11.6 Å². The van der Waals surface area contributed by atoms with E-state index >= 15 is 0 Å². The van der Waals surface area contributed by atoms with Crippen molar-refractivity contribution in [3.8, 4) is 0 Å². The Labute approximate surface area is 184 Å². The van der Waals surface area contributed by atoms with Crippen molar-refractivity contribution < 1.29 is 9.59 Å². The minimum absolute atomic E-state index is 0.248. The van der Waals surface area contributed by atoms with E-state index in [0.717, 1.165) is 22.2 Å². The summed E-state index contributed by atoms with van der Waals surface area (Å²) in [4.78, 5) is 32.4. The molecule has 0 radical (unpaired) electrons. The number of aromatic nitrogens is 2. The van der Waals surface area contributed by atoms with Crippen LogP contribution in [-0.4, -0.2) is 21.8 Å². The number of amides is 2. The number of nitrogens with zero attached hydrogens (tertiary/aromatic N) is 1. The quantitative estimate of drug-likeness (QED) is 0.365. The van der Waals surface area contributed by atoms with Gasteiger partial charge >= 0.3 is 0 Å². The molecular weight excluding hydrogens is 412 g/mol. The molecule has 0 unspecified atom stereocenters. The number of hydrogen-bond donors (Lipinski definition) is 3. The van der Waals surface area contributed by atoms with Crippen molar-refractivity contribution in [2.24, 2.45) is 0 Å². The summed E-state index contributed by atoms with van der Waals surface area (Å²) in [7, 11) is 0. The molecule has 2 heterocycles. The molecule has 7 heteroatoms. The van der Waals surface area contributed by atoms with Gasteiger partial charge in [0.1, 0.15) is 5.65 Å². The zero-order valence-electron chi connectivity index (χ0n) is 16.6. The molecule has 0 aliphatic carbocycles. The van der Waals surface area contributed by atoms with E-state index in [2.05, 4.69) is 20.6 Å². The number of rotatable bonds is 5. The smallest absolute Gasteiger partial charge is 0.257 e. The summed E-state index contributed by atoms with van der Waals surface area (Å²) in [6.07, 6.45) is 4.86. The number of pyridine rings is 1. The number of fused-ring (bicyclic) bond motifs is 1. The molecule has 31 heavy (non-hydrogen) atoms. The number of allylic oxidation sites excluding steroid dienone is 1. The monoisotopic (exact) mass is 430 g/mol. The van der Waals surface area contributed by atoms with Crippen molar-refractivity contribution in [3.63, 3.8) is 0 Å². The molecule has 0 aliphatic heterocycles. The molecule has 0 atom stereocenters. The Morgan fingerprint density at radius 3 is 2.61 bits per heavy atom. The van der Waals surface area contributed by atoms with E-state index in [1.54, 1.807) is 30.6 Å². The molecular formula is C24H19ClN4O2. The number of carbonyl (C=O) groups is 2. The third kappa shape index (κ3) is 4.82. The van der Waals surface area contributed by atoms with Crippen LogP contribution in [0.1, 0.15) is 22.8 Å². The summed E-state index contributed by atoms with van der Waals surface area (Å²) >= 11 is 6.23. The maximum absolute atomic E-state index is 12.8. The van der Waals surface area contributed by atoms with Crippen molar-refractivity contribution >= 4 is 51.4 Å². The molecule has 2 aromatic carbocycles. The van der Waals surface area contributed by atoms with Crippen molar-refractivity contribution in [3.05, 3.63) is 95.3 Å². The Balaban J connectivity index is 1.49. The van der Waals surface area contributed by atoms with E-state index in [9.17, 15) is 9.59 Å². The molecule has 4 aromatic rings. The Bertz CT molecular complexity index is 1300. The van der Waals surface area contributed by atoms with E-state index in [1.165, 1.54) is 6.08 Å². The number of carbonyl (C=O) groups excluding carboxylic acids is 2. The average molecular weight is 431 g/mol. The normalized spacial score (nSPS) is 11.4. The van der Waals surface area contributed by atoms with E-state index in [-0.39, 0.29) is 16.5 Å². The number of hydrogen-bond acceptors (Lipinski definition) is 3. The van der Waals surface area contributed by atoms with Gasteiger partial charge in [0.25, 0.3) is 5.91 Å². The lowest BCUT2D eigenvalue weighted by atomic mass is 10.1. The first kappa shape index (κ1) is 20.4. The standard InChI is InChI=1S/C24H19ClN4O2/c1-15(16-5-3-2-4-6-16)11-22(30)28-18-7-8-21(25)20(13-18)24(31)29-19-12-17-9-10-26-23(17)27-14-19/h2-14H,1H3,(H,26,27)(H,28,30)(H,29,31). The summed E-state index contributed by atoms with van der Waals surface area (Å²) in [5.41, 5.74) is 3.79. The van der Waals surface area contributed by atoms with Crippen LogP contribution in [-0.2, 0) is 4.79 Å². The number of benzene rings is 2. The van der Waals surface area contributed by atoms with E-state index < -0.39 is 5.91 Å². The zero-order valence-corrected chi connectivity index (χ0v) is 17.4. The first-order chi connectivity index (χ1) is 15.0. The number of nitrogens with one attached hydrogen (secondary N) is 3. The van der Waals surface area contributed by atoms with Crippen LogP contribution in [0.3, 0.4) is 0 Å². The Hall–Kier alpha value is -3.90. The average Bonchev–Trinajstić information content (AvgIpc) is 3.23. The SMILES string of the molecule is CC(=CC(=O)Nc1ccc(Cl)c(C(=O)Nc2cnc3[nH]ccc3c2)c1)c1ccccc1. The van der Waals surface area contributed by atoms with Crippen molar-refractivity contribution in [1.29, 1.82) is 0 Å². The highest BCUT2D eigenvalue weighted by molar-refractivity contribution is 6.34. The molecule has 0 saturated heterocycles. The first-order valence-corrected chi connectivity index (χ1v) is 9.96. The third-order valence-electron chi connectivity index (χ3n) is 4.71. The zero-order chi connectivity index (χ0) is 21.8. The second kappa shape index (κ2) is 8.85. The van der Waals surface area contributed by atoms with Gasteiger partial charge in [0.05, 0.1) is 22.5 Å². The highest BCUT2D eigenvalue weighted by Gasteiger charge is 2.13. The molecule has 0 fully saturated rings. The summed E-state index contributed by atoms with van der Waals surface area (Å²) < 4.78 is 0. The molecule has 3 N–H and O–H groups in total. The van der Waals surface area contributed by atoms with Crippen LogP contribution in [0.4, 0.5) is 11.4 Å². The third-order valence-corrected chi connectivity index (χ3v) is 5.04. The summed E-state index contributed by atoms with van der Waals surface area (Å²) in [6.45, 7) is 1.87. The maximum Gasteiger partial charge on any atom is 0.257 e. The Kier molecular flexibility index (Phi) is 5.82. The fraction of sp³-hybridized carbons (Fsp3) is 0.0417. The molecule has 2 amide bonds. The van der Waals surface area contributed by atoms with Crippen LogP contribution in [0.2, 0.25) is 5.02 Å². The lowest BCUT2D eigenvalue weighted by Gasteiger charge is -2.10. The fourth-order valence-electron chi connectivity index (χ4n) is 3.14. The van der Waals surface area contributed by atoms with Crippen LogP contribution < -0.4 is 10.6 Å². The van der Waals surface area contributed by atoms with Crippen LogP contribution in [0, 0.1) is 0 Å². The van der Waals surface area contributed by atoms with Crippen LogP contribution in [0.15, 0.2) is 79.1 Å². The Morgan fingerprint density at radius 2 is 1.81 bits per heavy atom. The van der Waals surface area contributed by atoms with Gasteiger partial charge in [0.2, 0.25) is 5.91 Å². The summed E-state index contributed by atoms with van der Waals surface area (Å²) in [5.74, 6) is -0.689. The second-order valence-corrected chi connectivity index (χ2v) is 7.38. The van der Waals surface area contributed by atoms with Gasteiger partial charge in [-0.15, -0.1) is 0 Å². The second-order valence-electron chi connectivity index (χ2n) is 6.97. The largest absolute Gasteiger partial charge is 0.346 e.